The Morgan fingerprint density at radius 1 is 1.25 bits per heavy atom. The molecule has 0 saturated heterocycles. The second-order valence-corrected chi connectivity index (χ2v) is 0. The van der Waals surface area contributed by atoms with Crippen molar-refractivity contribution in [2.75, 3.05) is 0 Å². The van der Waals surface area contributed by atoms with Gasteiger partial charge in [0, 0.05) is 0 Å². The van der Waals surface area contributed by atoms with Crippen molar-refractivity contribution in [1.29, 1.82) is 0 Å². The summed E-state index contributed by atoms with van der Waals surface area (Å²) in [5, 5.41) is 0. The van der Waals surface area contributed by atoms with Gasteiger partial charge < -0.3 is 0 Å². The van der Waals surface area contributed by atoms with Crippen LogP contribution in [0.15, 0.2) is 0 Å². The van der Waals surface area contributed by atoms with E-state index in [1.807, 2.05) is 15.9 Å². The maximum absolute atomic E-state index is 8.38. The van der Waals surface area contributed by atoms with E-state index in [0.29, 0.717) is 0 Å². The van der Waals surface area contributed by atoms with Gasteiger partial charge in [-0.3, -0.25) is 0 Å². The quantitative estimate of drug-likeness (QED) is 0.429. The summed E-state index contributed by atoms with van der Waals surface area (Å²) in [5.74, 6) is 0. The van der Waals surface area contributed by atoms with Crippen molar-refractivity contribution in [3.05, 3.63) is 0 Å². The number of hydrogen-bond donors (Lipinski definition) is 0. The summed E-state index contributed by atoms with van der Waals surface area (Å²) in [5.41, 5.74) is 0. The van der Waals surface area contributed by atoms with Gasteiger partial charge in [0.05, 0.1) is 0 Å². The molecule has 0 aliphatic carbocycles. The minimum atomic E-state index is 0.125. The molecular weight excluding hydrogens is 158 g/mol. The monoisotopic (exact) mass is 158 g/mol. The normalized spacial score (nSPS) is 2.00. The van der Waals surface area contributed by atoms with E-state index >= 15 is 0 Å². The summed E-state index contributed by atoms with van der Waals surface area (Å²) in [6.45, 7) is 0. The van der Waals surface area contributed by atoms with Crippen LogP contribution in [0.4, 0.5) is 0 Å². The van der Waals surface area contributed by atoms with E-state index in [9.17, 15) is 0 Å². The fourth-order valence-corrected chi connectivity index (χ4v) is 0. The molecule has 0 bridgehead atoms. The van der Waals surface area contributed by atoms with Gasteiger partial charge in [-0.2, -0.15) is 0 Å². The molecule has 0 spiro atoms. The first-order chi connectivity index (χ1) is 2.00. The zero-order valence-electron chi connectivity index (χ0n) is 1.88. The van der Waals surface area contributed by atoms with Crippen LogP contribution in [0.1, 0.15) is 0 Å². The van der Waals surface area contributed by atoms with Gasteiger partial charge in [0.25, 0.3) is 0 Å². The summed E-state index contributed by atoms with van der Waals surface area (Å²) >= 11 is 2.12. The zero-order chi connectivity index (χ0) is 4.00. The fourth-order valence-electron chi connectivity index (χ4n) is 0. The van der Waals surface area contributed by atoms with Crippen molar-refractivity contribution in [2.24, 2.45) is 0 Å². The number of rotatable bonds is 0. The summed E-state index contributed by atoms with van der Waals surface area (Å²) in [4.78, 5) is 0. The Bertz CT molecular complexity index is 8.00. The molecule has 0 aliphatic heterocycles. The standard InChI is InChI=1S/Fe.Ga.2O.H. The Kier molecular flexibility index (Phi) is 110. The predicted octanol–water partition coefficient (Wildman–Crippen LogP) is -0.889. The second-order valence-electron chi connectivity index (χ2n) is 0. The molecule has 0 atom stereocenters. The Morgan fingerprint density at radius 3 is 1.25 bits per heavy atom. The van der Waals surface area contributed by atoms with Gasteiger partial charge in [0.2, 0.25) is 0 Å². The van der Waals surface area contributed by atoms with Crippen LogP contribution in [0.3, 0.4) is 0 Å². The van der Waals surface area contributed by atoms with Crippen molar-refractivity contribution in [2.45, 2.75) is 0 Å². The molecule has 4 heteroatoms. The van der Waals surface area contributed by atoms with E-state index in [0.717, 1.165) is 0 Å². The first kappa shape index (κ1) is 8.83. The SMILES string of the molecule is [O]=[Fe].[O]=[GaH]. The van der Waals surface area contributed by atoms with Gasteiger partial charge in [-0.15, -0.1) is 0 Å². The van der Waals surface area contributed by atoms with E-state index < -0.39 is 0 Å². The van der Waals surface area contributed by atoms with E-state index in [-0.39, 0.29) is 18.6 Å². The summed E-state index contributed by atoms with van der Waals surface area (Å²) in [6.07, 6.45) is 0. The van der Waals surface area contributed by atoms with Gasteiger partial charge in [-0.05, 0) is 0 Å². The maximum atomic E-state index is 8.38. The molecule has 0 fully saturated rings. The van der Waals surface area contributed by atoms with Crippen molar-refractivity contribution in [3.8, 4) is 0 Å². The van der Waals surface area contributed by atoms with Crippen LogP contribution in [-0.2, 0) is 23.3 Å². The van der Waals surface area contributed by atoms with Gasteiger partial charge in [0.15, 0.2) is 0 Å². The third-order valence-corrected chi connectivity index (χ3v) is 0. The van der Waals surface area contributed by atoms with Crippen molar-refractivity contribution in [3.63, 3.8) is 0 Å². The Hall–Kier alpha value is 0.756. The van der Waals surface area contributed by atoms with E-state index in [1.165, 1.54) is 0 Å². The van der Waals surface area contributed by atoms with Crippen molar-refractivity contribution in [1.82, 2.24) is 0 Å². The minimum absolute atomic E-state index is 0.125. The fraction of sp³-hybridized carbons (Fsp3) is 0. The molecule has 0 N–H and O–H groups in total. The van der Waals surface area contributed by atoms with Gasteiger partial charge in [0.1, 0.15) is 0 Å². The first-order valence-corrected chi connectivity index (χ1v) is 2.10. The van der Waals surface area contributed by atoms with E-state index in [2.05, 4.69) is 0 Å². The first-order valence-electron chi connectivity index (χ1n) is 0.433. The predicted molar refractivity (Wildman–Crippen MR) is 8.52 cm³/mol. The van der Waals surface area contributed by atoms with E-state index in [1.54, 1.807) is 0 Å². The van der Waals surface area contributed by atoms with Gasteiger partial charge >= 0.3 is 41.9 Å². The Morgan fingerprint density at radius 2 is 1.25 bits per heavy atom. The van der Waals surface area contributed by atoms with Crippen LogP contribution in [0.5, 0.6) is 0 Å². The van der Waals surface area contributed by atoms with Crippen LogP contribution in [0.25, 0.3) is 0 Å². The van der Waals surface area contributed by atoms with Crippen LogP contribution in [0.2, 0.25) is 0 Å². The van der Waals surface area contributed by atoms with Crippen LogP contribution < -0.4 is 0 Å². The zero-order valence-corrected chi connectivity index (χ0v) is 5.95. The Labute approximate surface area is 42.2 Å². The summed E-state index contributed by atoms with van der Waals surface area (Å²) in [7, 11) is 0. The molecule has 0 rings (SSSR count). The topological polar surface area (TPSA) is 34.1 Å². The van der Waals surface area contributed by atoms with Crippen molar-refractivity contribution < 1.29 is 23.3 Å². The molecule has 2 nitrogen and oxygen atoms in total. The molecule has 24 valence electrons. The number of hydrogen-bond acceptors (Lipinski definition) is 2. The molecule has 0 saturated carbocycles. The molecule has 0 unspecified atom stereocenters. The van der Waals surface area contributed by atoms with Crippen LogP contribution in [0, 0.1) is 0 Å². The molecule has 4 heavy (non-hydrogen) atoms. The third-order valence-electron chi connectivity index (χ3n) is 0. The van der Waals surface area contributed by atoms with Crippen LogP contribution >= 0.6 is 0 Å². The molecule has 0 amide bonds. The van der Waals surface area contributed by atoms with Crippen LogP contribution in [-0.4, -0.2) is 18.6 Å². The molecule has 0 heterocycles. The molecule has 0 aromatic heterocycles. The third kappa shape index (κ3) is 14.9. The second kappa shape index (κ2) is 49.9. The summed E-state index contributed by atoms with van der Waals surface area (Å²) < 4.78 is 16.4. The summed E-state index contributed by atoms with van der Waals surface area (Å²) in [6, 6.07) is 0. The molecule has 0 aromatic rings. The molecule has 0 aromatic carbocycles. The van der Waals surface area contributed by atoms with Crippen molar-refractivity contribution >= 4 is 18.6 Å². The van der Waals surface area contributed by atoms with E-state index in [4.69, 9.17) is 7.37 Å². The molecular formula is HFeGaO2. The Balaban J connectivity index is 0. The average Bonchev–Trinajstić information content (AvgIpc) is 1.50. The molecule has 0 radical (unpaired) electrons. The van der Waals surface area contributed by atoms with Gasteiger partial charge in [-0.25, -0.2) is 0 Å². The average molecular weight is 159 g/mol. The van der Waals surface area contributed by atoms with Gasteiger partial charge in [-0.1, -0.05) is 0 Å². The molecule has 0 aliphatic rings.